The van der Waals surface area contributed by atoms with Crippen LogP contribution in [0.5, 0.6) is 0 Å². The summed E-state index contributed by atoms with van der Waals surface area (Å²) in [7, 11) is 1.91. The van der Waals surface area contributed by atoms with Crippen molar-refractivity contribution in [3.63, 3.8) is 0 Å². The van der Waals surface area contributed by atoms with E-state index in [1.54, 1.807) is 11.3 Å². The largest absolute Gasteiger partial charge is 0.365 e. The Balaban J connectivity index is 2.29. The van der Waals surface area contributed by atoms with Crippen molar-refractivity contribution in [1.29, 1.82) is 0 Å². The number of rotatable bonds is 4. The van der Waals surface area contributed by atoms with Gasteiger partial charge < -0.3 is 5.32 Å². The molecule has 0 atom stereocenters. The van der Waals surface area contributed by atoms with Crippen LogP contribution in [-0.2, 0) is 0 Å². The van der Waals surface area contributed by atoms with Crippen LogP contribution >= 0.6 is 23.1 Å². The minimum Gasteiger partial charge on any atom is -0.365 e. The zero-order valence-electron chi connectivity index (χ0n) is 8.91. The molecule has 15 heavy (non-hydrogen) atoms. The molecule has 0 aliphatic heterocycles. The van der Waals surface area contributed by atoms with Gasteiger partial charge in [-0.2, -0.15) is 0 Å². The Morgan fingerprint density at radius 3 is 3.07 bits per heavy atom. The third kappa shape index (κ3) is 2.44. The van der Waals surface area contributed by atoms with Gasteiger partial charge in [0.05, 0.1) is 10.2 Å². The number of thioether (sulfide) groups is 1. The van der Waals surface area contributed by atoms with E-state index in [1.807, 2.05) is 18.8 Å². The van der Waals surface area contributed by atoms with Gasteiger partial charge in [-0.1, -0.05) is 18.3 Å². The standard InChI is InChI=1S/C11H14N2S2/c1-3-6-14-8-4-5-9-10(7-8)15-11(12-2)13-9/h4-5,7H,3,6H2,1-2H3,(H,12,13). The van der Waals surface area contributed by atoms with Gasteiger partial charge in [0.15, 0.2) is 5.13 Å². The molecule has 0 bridgehead atoms. The lowest BCUT2D eigenvalue weighted by Crippen LogP contribution is -1.83. The Bertz CT molecular complexity index is 451. The number of nitrogens with zero attached hydrogens (tertiary/aromatic N) is 1. The lowest BCUT2D eigenvalue weighted by atomic mass is 10.3. The summed E-state index contributed by atoms with van der Waals surface area (Å²) < 4.78 is 1.26. The van der Waals surface area contributed by atoms with E-state index in [1.165, 1.54) is 21.8 Å². The van der Waals surface area contributed by atoms with Crippen molar-refractivity contribution in [3.05, 3.63) is 18.2 Å². The maximum absolute atomic E-state index is 4.45. The molecule has 0 unspecified atom stereocenters. The Morgan fingerprint density at radius 2 is 2.33 bits per heavy atom. The van der Waals surface area contributed by atoms with Crippen LogP contribution < -0.4 is 5.32 Å². The van der Waals surface area contributed by atoms with Gasteiger partial charge in [0.2, 0.25) is 0 Å². The molecule has 80 valence electrons. The maximum atomic E-state index is 4.45. The number of fused-ring (bicyclic) bond motifs is 1. The fourth-order valence-electron chi connectivity index (χ4n) is 1.32. The zero-order valence-corrected chi connectivity index (χ0v) is 10.5. The minimum atomic E-state index is 0.989. The van der Waals surface area contributed by atoms with Crippen LogP contribution in [0.4, 0.5) is 5.13 Å². The van der Waals surface area contributed by atoms with Gasteiger partial charge in [-0.25, -0.2) is 4.98 Å². The molecule has 2 nitrogen and oxygen atoms in total. The summed E-state index contributed by atoms with van der Waals surface area (Å²) in [6, 6.07) is 6.49. The first-order chi connectivity index (χ1) is 7.33. The van der Waals surface area contributed by atoms with Gasteiger partial charge in [0.25, 0.3) is 0 Å². The molecule has 0 saturated heterocycles. The molecule has 0 radical (unpaired) electrons. The van der Waals surface area contributed by atoms with Crippen molar-refractivity contribution in [2.24, 2.45) is 0 Å². The van der Waals surface area contributed by atoms with Crippen LogP contribution in [-0.4, -0.2) is 17.8 Å². The highest BCUT2D eigenvalue weighted by molar-refractivity contribution is 7.99. The molecule has 0 saturated carbocycles. The Kier molecular flexibility index (Phi) is 3.49. The molecule has 0 spiro atoms. The van der Waals surface area contributed by atoms with Gasteiger partial charge in [0, 0.05) is 11.9 Å². The summed E-state index contributed by atoms with van der Waals surface area (Å²) in [5.41, 5.74) is 1.09. The predicted molar refractivity (Wildman–Crippen MR) is 70.2 cm³/mol. The van der Waals surface area contributed by atoms with Crippen LogP contribution in [0, 0.1) is 0 Å². The van der Waals surface area contributed by atoms with Crippen molar-refractivity contribution in [2.45, 2.75) is 18.2 Å². The number of thiazole rings is 1. The Hall–Kier alpha value is -0.740. The van der Waals surface area contributed by atoms with E-state index in [0.717, 1.165) is 10.6 Å². The summed E-state index contributed by atoms with van der Waals surface area (Å²) in [5, 5.41) is 4.07. The number of benzene rings is 1. The molecule has 4 heteroatoms. The maximum Gasteiger partial charge on any atom is 0.183 e. The highest BCUT2D eigenvalue weighted by atomic mass is 32.2. The Morgan fingerprint density at radius 1 is 1.47 bits per heavy atom. The van der Waals surface area contributed by atoms with E-state index in [4.69, 9.17) is 0 Å². The quantitative estimate of drug-likeness (QED) is 0.819. The average molecular weight is 238 g/mol. The number of hydrogen-bond donors (Lipinski definition) is 1. The smallest absolute Gasteiger partial charge is 0.183 e. The van der Waals surface area contributed by atoms with Crippen LogP contribution in [0.1, 0.15) is 13.3 Å². The first-order valence-electron chi connectivity index (χ1n) is 5.04. The molecule has 1 aromatic heterocycles. The normalized spacial score (nSPS) is 10.8. The number of anilines is 1. The topological polar surface area (TPSA) is 24.9 Å². The summed E-state index contributed by atoms with van der Waals surface area (Å²) in [6.07, 6.45) is 1.22. The molecule has 1 N–H and O–H groups in total. The van der Waals surface area contributed by atoms with Gasteiger partial charge in [-0.05, 0) is 30.4 Å². The average Bonchev–Trinajstić information content (AvgIpc) is 2.68. The van der Waals surface area contributed by atoms with Crippen molar-refractivity contribution in [3.8, 4) is 0 Å². The monoisotopic (exact) mass is 238 g/mol. The summed E-state index contributed by atoms with van der Waals surface area (Å²) >= 11 is 3.62. The first-order valence-corrected chi connectivity index (χ1v) is 6.85. The van der Waals surface area contributed by atoms with Crippen molar-refractivity contribution in [1.82, 2.24) is 4.98 Å². The Labute approximate surface area is 98.1 Å². The third-order valence-electron chi connectivity index (χ3n) is 2.05. The van der Waals surface area contributed by atoms with Crippen LogP contribution in [0.15, 0.2) is 23.1 Å². The van der Waals surface area contributed by atoms with Crippen molar-refractivity contribution < 1.29 is 0 Å². The molecule has 0 aliphatic carbocycles. The van der Waals surface area contributed by atoms with E-state index in [-0.39, 0.29) is 0 Å². The van der Waals surface area contributed by atoms with E-state index in [0.29, 0.717) is 0 Å². The molecule has 1 heterocycles. The van der Waals surface area contributed by atoms with E-state index in [9.17, 15) is 0 Å². The fourth-order valence-corrected chi connectivity index (χ4v) is 3.06. The van der Waals surface area contributed by atoms with Gasteiger partial charge >= 0.3 is 0 Å². The highest BCUT2D eigenvalue weighted by Crippen LogP contribution is 2.29. The number of hydrogen-bond acceptors (Lipinski definition) is 4. The lowest BCUT2D eigenvalue weighted by Gasteiger charge is -1.98. The lowest BCUT2D eigenvalue weighted by molar-refractivity contribution is 1.10. The van der Waals surface area contributed by atoms with Crippen LogP contribution in [0.3, 0.4) is 0 Å². The molecule has 1 aromatic carbocycles. The van der Waals surface area contributed by atoms with Crippen molar-refractivity contribution >= 4 is 38.4 Å². The second-order valence-corrected chi connectivity index (χ2v) is 5.45. The second-order valence-electron chi connectivity index (χ2n) is 3.25. The molecular weight excluding hydrogens is 224 g/mol. The molecule has 0 fully saturated rings. The number of nitrogens with one attached hydrogen (secondary N) is 1. The summed E-state index contributed by atoms with van der Waals surface area (Å²) in [6.45, 7) is 2.21. The van der Waals surface area contributed by atoms with Crippen LogP contribution in [0.2, 0.25) is 0 Å². The zero-order chi connectivity index (χ0) is 10.7. The third-order valence-corrected chi connectivity index (χ3v) is 4.28. The van der Waals surface area contributed by atoms with E-state index >= 15 is 0 Å². The summed E-state index contributed by atoms with van der Waals surface area (Å²) in [5.74, 6) is 1.18. The second kappa shape index (κ2) is 4.86. The van der Waals surface area contributed by atoms with Gasteiger partial charge in [0.1, 0.15) is 0 Å². The fraction of sp³-hybridized carbons (Fsp3) is 0.364. The SMILES string of the molecule is CCCSc1ccc2nc(NC)sc2c1. The van der Waals surface area contributed by atoms with E-state index in [2.05, 4.69) is 35.4 Å². The van der Waals surface area contributed by atoms with Crippen LogP contribution in [0.25, 0.3) is 10.2 Å². The molecule has 2 rings (SSSR count). The highest BCUT2D eigenvalue weighted by Gasteiger charge is 2.03. The molecule has 0 amide bonds. The molecular formula is C11H14N2S2. The van der Waals surface area contributed by atoms with Gasteiger partial charge in [-0.3, -0.25) is 0 Å². The van der Waals surface area contributed by atoms with Gasteiger partial charge in [-0.15, -0.1) is 11.8 Å². The molecule has 2 aromatic rings. The van der Waals surface area contributed by atoms with Crippen molar-refractivity contribution in [2.75, 3.05) is 18.1 Å². The van der Waals surface area contributed by atoms with E-state index < -0.39 is 0 Å². The first kappa shape index (κ1) is 10.8. The summed E-state index contributed by atoms with van der Waals surface area (Å²) in [4.78, 5) is 5.79. The molecule has 0 aliphatic rings. The predicted octanol–water partition coefficient (Wildman–Crippen LogP) is 3.84. The minimum absolute atomic E-state index is 0.989. The number of aromatic nitrogens is 1.